The number of hydrogen-bond donors (Lipinski definition) is 2. The second-order valence-corrected chi connectivity index (χ2v) is 3.70. The largest absolute Gasteiger partial charge is 0.402 e. The van der Waals surface area contributed by atoms with Crippen LogP contribution in [-0.4, -0.2) is 0 Å². The zero-order chi connectivity index (χ0) is 11.8. The van der Waals surface area contributed by atoms with Gasteiger partial charge in [0.1, 0.15) is 0 Å². The van der Waals surface area contributed by atoms with E-state index in [1.54, 1.807) is 0 Å². The SMILES string of the molecule is C=CCCCC(=C)NC(=C)/C(C)=C(\C)N. The minimum Gasteiger partial charge on any atom is -0.402 e. The van der Waals surface area contributed by atoms with Gasteiger partial charge in [-0.15, -0.1) is 6.58 Å². The average molecular weight is 206 g/mol. The minimum absolute atomic E-state index is 0.784. The van der Waals surface area contributed by atoms with E-state index in [1.165, 1.54) is 0 Å². The average Bonchev–Trinajstić information content (AvgIpc) is 2.16. The summed E-state index contributed by atoms with van der Waals surface area (Å²) in [7, 11) is 0. The molecule has 15 heavy (non-hydrogen) atoms. The molecule has 0 heterocycles. The molecule has 0 saturated heterocycles. The molecule has 3 N–H and O–H groups in total. The monoisotopic (exact) mass is 206 g/mol. The van der Waals surface area contributed by atoms with Gasteiger partial charge in [-0.2, -0.15) is 0 Å². The van der Waals surface area contributed by atoms with Crippen LogP contribution in [0.25, 0.3) is 0 Å². The van der Waals surface area contributed by atoms with Crippen LogP contribution in [0.4, 0.5) is 0 Å². The lowest BCUT2D eigenvalue weighted by Crippen LogP contribution is -2.14. The molecular formula is C13H22N2. The summed E-state index contributed by atoms with van der Waals surface area (Å²) in [6.07, 6.45) is 4.92. The molecule has 0 rings (SSSR count). The van der Waals surface area contributed by atoms with Gasteiger partial charge in [0.25, 0.3) is 0 Å². The van der Waals surface area contributed by atoms with E-state index in [2.05, 4.69) is 25.1 Å². The highest BCUT2D eigenvalue weighted by Gasteiger charge is 2.00. The molecule has 0 fully saturated rings. The van der Waals surface area contributed by atoms with Crippen molar-refractivity contribution in [3.8, 4) is 0 Å². The lowest BCUT2D eigenvalue weighted by atomic mass is 10.1. The van der Waals surface area contributed by atoms with E-state index in [0.29, 0.717) is 0 Å². The van der Waals surface area contributed by atoms with Crippen LogP contribution in [0, 0.1) is 0 Å². The number of unbranched alkanes of at least 4 members (excludes halogenated alkanes) is 1. The first kappa shape index (κ1) is 13.6. The van der Waals surface area contributed by atoms with Crippen LogP contribution in [-0.2, 0) is 0 Å². The van der Waals surface area contributed by atoms with Gasteiger partial charge in [-0.3, -0.25) is 0 Å². The zero-order valence-electron chi connectivity index (χ0n) is 9.90. The van der Waals surface area contributed by atoms with Crippen molar-refractivity contribution < 1.29 is 0 Å². The maximum Gasteiger partial charge on any atom is 0.0355 e. The fourth-order valence-corrected chi connectivity index (χ4v) is 1.07. The lowest BCUT2D eigenvalue weighted by molar-refractivity contribution is 0.780. The number of hydrogen-bond acceptors (Lipinski definition) is 2. The van der Waals surface area contributed by atoms with Crippen LogP contribution in [0.15, 0.2) is 48.5 Å². The molecule has 0 aromatic heterocycles. The van der Waals surface area contributed by atoms with Gasteiger partial charge in [0.15, 0.2) is 0 Å². The lowest BCUT2D eigenvalue weighted by Gasteiger charge is -2.13. The Hall–Kier alpha value is -1.44. The third kappa shape index (κ3) is 5.78. The molecule has 0 radical (unpaired) electrons. The summed E-state index contributed by atoms with van der Waals surface area (Å²) in [6.45, 7) is 15.3. The van der Waals surface area contributed by atoms with Crippen molar-refractivity contribution in [3.05, 3.63) is 48.5 Å². The first-order chi connectivity index (χ1) is 6.99. The van der Waals surface area contributed by atoms with Crippen molar-refractivity contribution in [3.63, 3.8) is 0 Å². The summed E-state index contributed by atoms with van der Waals surface area (Å²) in [5.74, 6) is 0. The molecule has 0 aliphatic heterocycles. The smallest absolute Gasteiger partial charge is 0.0355 e. The van der Waals surface area contributed by atoms with Gasteiger partial charge in [-0.05, 0) is 38.7 Å². The van der Waals surface area contributed by atoms with Crippen molar-refractivity contribution in [1.82, 2.24) is 5.32 Å². The summed E-state index contributed by atoms with van der Waals surface area (Å²) in [4.78, 5) is 0. The molecule has 84 valence electrons. The number of nitrogens with two attached hydrogens (primary N) is 1. The van der Waals surface area contributed by atoms with Crippen LogP contribution >= 0.6 is 0 Å². The van der Waals surface area contributed by atoms with E-state index in [0.717, 1.165) is 41.9 Å². The van der Waals surface area contributed by atoms with Gasteiger partial charge in [-0.25, -0.2) is 0 Å². The van der Waals surface area contributed by atoms with Crippen molar-refractivity contribution in [2.45, 2.75) is 33.1 Å². The molecule has 0 aromatic rings. The van der Waals surface area contributed by atoms with Crippen LogP contribution in [0.3, 0.4) is 0 Å². The Morgan fingerprint density at radius 2 is 1.93 bits per heavy atom. The van der Waals surface area contributed by atoms with Crippen LogP contribution < -0.4 is 11.1 Å². The molecule has 0 aromatic carbocycles. The molecule has 2 heteroatoms. The Balaban J connectivity index is 4.03. The Morgan fingerprint density at radius 1 is 1.33 bits per heavy atom. The standard InChI is InChI=1S/C13H22N2/c1-6-7-8-9-10(2)15-13(5)11(3)12(4)14/h6,15H,1-2,5,7-9,14H2,3-4H3/b12-11+. The number of allylic oxidation sites excluding steroid dienone is 4. The second kappa shape index (κ2) is 6.93. The van der Waals surface area contributed by atoms with E-state index in [4.69, 9.17) is 5.73 Å². The van der Waals surface area contributed by atoms with E-state index in [-0.39, 0.29) is 0 Å². The fourth-order valence-electron chi connectivity index (χ4n) is 1.07. The summed E-state index contributed by atoms with van der Waals surface area (Å²) in [6, 6.07) is 0. The molecule has 2 nitrogen and oxygen atoms in total. The summed E-state index contributed by atoms with van der Waals surface area (Å²) in [5, 5.41) is 3.16. The highest BCUT2D eigenvalue weighted by atomic mass is 14.9. The molecule has 0 bridgehead atoms. The number of rotatable bonds is 7. The van der Waals surface area contributed by atoms with Crippen LogP contribution in [0.5, 0.6) is 0 Å². The molecule has 0 spiro atoms. The molecule has 0 atom stereocenters. The third-order valence-corrected chi connectivity index (χ3v) is 2.26. The fraction of sp³-hybridized carbons (Fsp3) is 0.385. The molecular weight excluding hydrogens is 184 g/mol. The topological polar surface area (TPSA) is 38.0 Å². The van der Waals surface area contributed by atoms with Gasteiger partial charge in [0, 0.05) is 17.1 Å². The normalized spacial score (nSPS) is 11.6. The maximum atomic E-state index is 5.67. The first-order valence-corrected chi connectivity index (χ1v) is 5.17. The van der Waals surface area contributed by atoms with Gasteiger partial charge in [-0.1, -0.05) is 19.2 Å². The van der Waals surface area contributed by atoms with Gasteiger partial charge in [0.05, 0.1) is 0 Å². The highest BCUT2D eigenvalue weighted by Crippen LogP contribution is 2.10. The van der Waals surface area contributed by atoms with Gasteiger partial charge in [0.2, 0.25) is 0 Å². The van der Waals surface area contributed by atoms with Crippen molar-refractivity contribution in [1.29, 1.82) is 0 Å². The minimum atomic E-state index is 0.784. The first-order valence-electron chi connectivity index (χ1n) is 5.17. The van der Waals surface area contributed by atoms with Crippen molar-refractivity contribution in [2.75, 3.05) is 0 Å². The van der Waals surface area contributed by atoms with Crippen molar-refractivity contribution >= 4 is 0 Å². The second-order valence-electron chi connectivity index (χ2n) is 3.70. The summed E-state index contributed by atoms with van der Waals surface area (Å²) >= 11 is 0. The predicted octanol–water partition coefficient (Wildman–Crippen LogP) is 3.21. The zero-order valence-corrected chi connectivity index (χ0v) is 9.90. The third-order valence-electron chi connectivity index (χ3n) is 2.26. The maximum absolute atomic E-state index is 5.67. The van der Waals surface area contributed by atoms with Gasteiger partial charge >= 0.3 is 0 Å². The Kier molecular flexibility index (Phi) is 6.27. The molecule has 0 amide bonds. The quantitative estimate of drug-likeness (QED) is 0.381. The summed E-state index contributed by atoms with van der Waals surface area (Å²) in [5.41, 5.74) is 9.25. The van der Waals surface area contributed by atoms with E-state index in [9.17, 15) is 0 Å². The van der Waals surface area contributed by atoms with Crippen LogP contribution in [0.1, 0.15) is 33.1 Å². The van der Waals surface area contributed by atoms with Crippen molar-refractivity contribution in [2.24, 2.45) is 5.73 Å². The molecule has 0 unspecified atom stereocenters. The highest BCUT2D eigenvalue weighted by molar-refractivity contribution is 5.30. The number of nitrogens with one attached hydrogen (secondary N) is 1. The molecule has 0 aliphatic rings. The Bertz CT molecular complexity index is 281. The molecule has 0 aliphatic carbocycles. The molecule has 0 saturated carbocycles. The van der Waals surface area contributed by atoms with E-state index < -0.39 is 0 Å². The Morgan fingerprint density at radius 3 is 2.40 bits per heavy atom. The summed E-state index contributed by atoms with van der Waals surface area (Å²) < 4.78 is 0. The van der Waals surface area contributed by atoms with E-state index in [1.807, 2.05) is 19.9 Å². The predicted molar refractivity (Wildman–Crippen MR) is 68.0 cm³/mol. The van der Waals surface area contributed by atoms with Gasteiger partial charge < -0.3 is 11.1 Å². The van der Waals surface area contributed by atoms with Crippen LogP contribution in [0.2, 0.25) is 0 Å². The van der Waals surface area contributed by atoms with E-state index >= 15 is 0 Å². The Labute approximate surface area is 93.2 Å².